The molecule has 0 unspecified atom stereocenters. The summed E-state index contributed by atoms with van der Waals surface area (Å²) >= 11 is 10.8. The standard InChI is InChI=1S/C7HCl2F3N2O/c8-4-5(15-7(10,11)12)3(1-13)2-14-6(4)9/h2H. The third kappa shape index (κ3) is 2.88. The van der Waals surface area contributed by atoms with E-state index in [4.69, 9.17) is 28.5 Å². The molecule has 1 aromatic rings. The van der Waals surface area contributed by atoms with Crippen LogP contribution in [0.2, 0.25) is 10.2 Å². The van der Waals surface area contributed by atoms with Gasteiger partial charge in [0.1, 0.15) is 16.7 Å². The lowest BCUT2D eigenvalue weighted by molar-refractivity contribution is -0.274. The Kier molecular flexibility index (Phi) is 3.27. The van der Waals surface area contributed by atoms with Crippen molar-refractivity contribution < 1.29 is 17.9 Å². The van der Waals surface area contributed by atoms with Crippen molar-refractivity contribution in [2.75, 3.05) is 0 Å². The zero-order valence-electron chi connectivity index (χ0n) is 6.77. The molecular formula is C7HCl2F3N2O. The van der Waals surface area contributed by atoms with Crippen LogP contribution >= 0.6 is 23.2 Å². The first kappa shape index (κ1) is 11.9. The van der Waals surface area contributed by atoms with Crippen molar-refractivity contribution in [1.82, 2.24) is 4.98 Å². The Hall–Kier alpha value is -1.19. The highest BCUT2D eigenvalue weighted by Gasteiger charge is 2.34. The van der Waals surface area contributed by atoms with E-state index in [-0.39, 0.29) is 5.15 Å². The van der Waals surface area contributed by atoms with Crippen LogP contribution in [-0.2, 0) is 0 Å². The molecule has 0 bridgehead atoms. The maximum absolute atomic E-state index is 11.9. The Morgan fingerprint density at radius 1 is 1.40 bits per heavy atom. The van der Waals surface area contributed by atoms with Crippen molar-refractivity contribution in [1.29, 1.82) is 5.26 Å². The molecule has 0 aliphatic carbocycles. The van der Waals surface area contributed by atoms with Gasteiger partial charge in [0.15, 0.2) is 10.9 Å². The normalized spacial score (nSPS) is 10.9. The molecule has 0 saturated heterocycles. The Bertz CT molecular complexity index is 427. The fraction of sp³-hybridized carbons (Fsp3) is 0.143. The van der Waals surface area contributed by atoms with Crippen LogP contribution in [0.5, 0.6) is 5.75 Å². The largest absolute Gasteiger partial charge is 0.573 e. The number of pyridine rings is 1. The molecule has 1 aromatic heterocycles. The maximum atomic E-state index is 11.9. The molecule has 0 aliphatic heterocycles. The van der Waals surface area contributed by atoms with Gasteiger partial charge in [0, 0.05) is 0 Å². The van der Waals surface area contributed by atoms with E-state index in [1.807, 2.05) is 0 Å². The van der Waals surface area contributed by atoms with E-state index in [0.717, 1.165) is 6.20 Å². The maximum Gasteiger partial charge on any atom is 0.573 e. The Morgan fingerprint density at radius 2 is 2.00 bits per heavy atom. The van der Waals surface area contributed by atoms with Crippen LogP contribution < -0.4 is 4.74 Å². The number of hydrogen-bond donors (Lipinski definition) is 0. The predicted molar refractivity (Wildman–Crippen MR) is 45.7 cm³/mol. The van der Waals surface area contributed by atoms with E-state index in [2.05, 4.69) is 9.72 Å². The number of halogens is 5. The fourth-order valence-corrected chi connectivity index (χ4v) is 1.07. The number of aromatic nitrogens is 1. The minimum Gasteiger partial charge on any atom is -0.403 e. The van der Waals surface area contributed by atoms with Gasteiger partial charge in [-0.2, -0.15) is 5.26 Å². The SMILES string of the molecule is N#Cc1cnc(Cl)c(Cl)c1OC(F)(F)F. The second-order valence-corrected chi connectivity index (χ2v) is 3.00. The van der Waals surface area contributed by atoms with Gasteiger partial charge >= 0.3 is 6.36 Å². The first-order valence-corrected chi connectivity index (χ1v) is 4.10. The second kappa shape index (κ2) is 4.13. The number of alkyl halides is 3. The second-order valence-electron chi connectivity index (χ2n) is 2.27. The predicted octanol–water partition coefficient (Wildman–Crippen LogP) is 3.16. The van der Waals surface area contributed by atoms with Crippen LogP contribution in [0, 0.1) is 11.3 Å². The molecule has 0 aliphatic rings. The number of ether oxygens (including phenoxy) is 1. The highest BCUT2D eigenvalue weighted by Crippen LogP contribution is 2.36. The summed E-state index contributed by atoms with van der Waals surface area (Å²) in [6, 6.07) is 1.46. The van der Waals surface area contributed by atoms with Crippen LogP contribution in [-0.4, -0.2) is 11.3 Å². The van der Waals surface area contributed by atoms with Crippen molar-refractivity contribution in [2.45, 2.75) is 6.36 Å². The molecule has 1 heterocycles. The topological polar surface area (TPSA) is 45.9 Å². The van der Waals surface area contributed by atoms with Crippen LogP contribution in [0.1, 0.15) is 5.56 Å². The molecule has 0 radical (unpaired) electrons. The summed E-state index contributed by atoms with van der Waals surface area (Å²) in [5.74, 6) is -0.841. The summed E-state index contributed by atoms with van der Waals surface area (Å²) in [7, 11) is 0. The van der Waals surface area contributed by atoms with Crippen molar-refractivity contribution in [2.24, 2.45) is 0 Å². The zero-order valence-corrected chi connectivity index (χ0v) is 8.28. The smallest absolute Gasteiger partial charge is 0.403 e. The average molecular weight is 257 g/mol. The van der Waals surface area contributed by atoms with Crippen LogP contribution in [0.3, 0.4) is 0 Å². The van der Waals surface area contributed by atoms with Crippen LogP contribution in [0.25, 0.3) is 0 Å². The molecule has 3 nitrogen and oxygen atoms in total. The molecule has 0 N–H and O–H groups in total. The van der Waals surface area contributed by atoms with Crippen molar-refractivity contribution in [3.63, 3.8) is 0 Å². The van der Waals surface area contributed by atoms with Gasteiger partial charge in [0.05, 0.1) is 6.20 Å². The highest BCUT2D eigenvalue weighted by molar-refractivity contribution is 6.42. The van der Waals surface area contributed by atoms with E-state index < -0.39 is 22.7 Å². The quantitative estimate of drug-likeness (QED) is 0.726. The van der Waals surface area contributed by atoms with Gasteiger partial charge in [-0.25, -0.2) is 4.98 Å². The summed E-state index contributed by atoms with van der Waals surface area (Å²) in [5.41, 5.74) is -0.443. The molecule has 1 rings (SSSR count). The molecule has 0 amide bonds. The van der Waals surface area contributed by atoms with Crippen LogP contribution in [0.4, 0.5) is 13.2 Å². The zero-order chi connectivity index (χ0) is 11.6. The minimum absolute atomic E-state index is 0.366. The lowest BCUT2D eigenvalue weighted by Gasteiger charge is -2.11. The Morgan fingerprint density at radius 3 is 2.47 bits per heavy atom. The Balaban J connectivity index is 3.26. The summed E-state index contributed by atoms with van der Waals surface area (Å²) in [4.78, 5) is 3.40. The molecule has 0 saturated carbocycles. The molecule has 80 valence electrons. The van der Waals surface area contributed by atoms with Gasteiger partial charge < -0.3 is 4.74 Å². The third-order valence-corrected chi connectivity index (χ3v) is 2.00. The van der Waals surface area contributed by atoms with Crippen molar-refractivity contribution in [3.8, 4) is 11.8 Å². The van der Waals surface area contributed by atoms with Gasteiger partial charge in [0.25, 0.3) is 0 Å². The third-order valence-electron chi connectivity index (χ3n) is 1.27. The summed E-state index contributed by atoms with van der Waals surface area (Å²) < 4.78 is 39.3. The number of nitrogens with zero attached hydrogens (tertiary/aromatic N) is 2. The van der Waals surface area contributed by atoms with Gasteiger partial charge in [-0.3, -0.25) is 0 Å². The van der Waals surface area contributed by atoms with E-state index in [1.54, 1.807) is 0 Å². The summed E-state index contributed by atoms with van der Waals surface area (Å²) in [6.45, 7) is 0. The van der Waals surface area contributed by atoms with E-state index >= 15 is 0 Å². The van der Waals surface area contributed by atoms with E-state index in [0.29, 0.717) is 0 Å². The number of hydrogen-bond acceptors (Lipinski definition) is 3. The molecule has 0 aromatic carbocycles. The number of rotatable bonds is 1. The number of nitriles is 1. The first-order valence-electron chi connectivity index (χ1n) is 3.35. The molecule has 0 fully saturated rings. The summed E-state index contributed by atoms with van der Waals surface area (Å²) in [5, 5.41) is 7.58. The van der Waals surface area contributed by atoms with Gasteiger partial charge in [-0.15, -0.1) is 13.2 Å². The van der Waals surface area contributed by atoms with Gasteiger partial charge in [-0.05, 0) is 0 Å². The lowest BCUT2D eigenvalue weighted by Crippen LogP contribution is -2.18. The van der Waals surface area contributed by atoms with Crippen molar-refractivity contribution in [3.05, 3.63) is 21.9 Å². The molecule has 0 spiro atoms. The molecule has 0 atom stereocenters. The average Bonchev–Trinajstić information content (AvgIpc) is 2.11. The van der Waals surface area contributed by atoms with E-state index in [1.165, 1.54) is 6.07 Å². The highest BCUT2D eigenvalue weighted by atomic mass is 35.5. The molecule has 15 heavy (non-hydrogen) atoms. The van der Waals surface area contributed by atoms with Crippen LogP contribution in [0.15, 0.2) is 6.20 Å². The summed E-state index contributed by atoms with van der Waals surface area (Å²) in [6.07, 6.45) is -4.10. The Labute approximate surface area is 92.0 Å². The van der Waals surface area contributed by atoms with Gasteiger partial charge in [0.2, 0.25) is 0 Å². The van der Waals surface area contributed by atoms with Gasteiger partial charge in [-0.1, -0.05) is 23.2 Å². The molecular weight excluding hydrogens is 256 g/mol. The van der Waals surface area contributed by atoms with Crippen molar-refractivity contribution >= 4 is 23.2 Å². The lowest BCUT2D eigenvalue weighted by atomic mass is 10.3. The fourth-order valence-electron chi connectivity index (χ4n) is 0.744. The first-order chi connectivity index (χ1) is 6.85. The monoisotopic (exact) mass is 256 g/mol. The molecule has 8 heteroatoms. The van der Waals surface area contributed by atoms with E-state index in [9.17, 15) is 13.2 Å². The minimum atomic E-state index is -4.94.